The average molecular weight is 350 g/mol. The maximum atomic E-state index is 11.5. The fraction of sp³-hybridized carbons (Fsp3) is 0.182. The summed E-state index contributed by atoms with van der Waals surface area (Å²) >= 11 is 9.02. The van der Waals surface area contributed by atoms with Crippen LogP contribution in [0.3, 0.4) is 0 Å². The number of hydrogen-bond acceptors (Lipinski definition) is 3. The summed E-state index contributed by atoms with van der Waals surface area (Å²) in [6, 6.07) is 4.11. The Labute approximate surface area is 122 Å². The molecular weight excluding hydrogens is 339 g/mol. The molecule has 0 aliphatic carbocycles. The van der Waals surface area contributed by atoms with E-state index in [4.69, 9.17) is 16.7 Å². The van der Waals surface area contributed by atoms with Crippen molar-refractivity contribution in [2.75, 3.05) is 5.32 Å². The second kappa shape index (κ2) is 7.10. The summed E-state index contributed by atoms with van der Waals surface area (Å²) in [7, 11) is 0. The van der Waals surface area contributed by atoms with Gasteiger partial charge in [-0.3, -0.25) is 14.9 Å². The molecule has 102 valence electrons. The van der Waals surface area contributed by atoms with Gasteiger partial charge in [-0.25, -0.2) is 4.79 Å². The number of nitrogens with one attached hydrogen (secondary N) is 2. The lowest BCUT2D eigenvalue weighted by Gasteiger charge is -2.08. The van der Waals surface area contributed by atoms with Gasteiger partial charge in [0.15, 0.2) is 0 Å². The van der Waals surface area contributed by atoms with Gasteiger partial charge in [0, 0.05) is 6.42 Å². The maximum absolute atomic E-state index is 11.5. The molecule has 0 aliphatic heterocycles. The molecule has 0 saturated heterocycles. The summed E-state index contributed by atoms with van der Waals surface area (Å²) in [5.41, 5.74) is 0.399. The minimum Gasteiger partial charge on any atom is -0.481 e. The van der Waals surface area contributed by atoms with Gasteiger partial charge in [-0.1, -0.05) is 17.7 Å². The van der Waals surface area contributed by atoms with Crippen LogP contribution in [0.1, 0.15) is 12.8 Å². The van der Waals surface area contributed by atoms with Crippen LogP contribution < -0.4 is 10.6 Å². The molecule has 3 N–H and O–H groups in total. The first-order valence-corrected chi connectivity index (χ1v) is 6.34. The van der Waals surface area contributed by atoms with E-state index in [1.165, 1.54) is 0 Å². The molecule has 0 radical (unpaired) electrons. The van der Waals surface area contributed by atoms with Crippen molar-refractivity contribution in [2.24, 2.45) is 0 Å². The van der Waals surface area contributed by atoms with E-state index in [0.717, 1.165) is 0 Å². The van der Waals surface area contributed by atoms with E-state index < -0.39 is 17.9 Å². The Morgan fingerprint density at radius 1 is 1.26 bits per heavy atom. The van der Waals surface area contributed by atoms with Crippen LogP contribution in [-0.4, -0.2) is 23.0 Å². The number of imide groups is 1. The molecule has 0 heterocycles. The highest BCUT2D eigenvalue weighted by Crippen LogP contribution is 2.29. The molecule has 3 amide bonds. The second-order valence-corrected chi connectivity index (χ2v) is 4.70. The van der Waals surface area contributed by atoms with Crippen LogP contribution in [0.15, 0.2) is 22.7 Å². The lowest BCUT2D eigenvalue weighted by atomic mass is 10.3. The molecule has 0 aliphatic rings. The highest BCUT2D eigenvalue weighted by atomic mass is 79.9. The summed E-state index contributed by atoms with van der Waals surface area (Å²) in [5.74, 6) is -1.77. The van der Waals surface area contributed by atoms with Crippen LogP contribution in [0, 0.1) is 0 Å². The summed E-state index contributed by atoms with van der Waals surface area (Å²) in [6.07, 6.45) is -0.598. The molecular formula is C11H10BrClN2O4. The van der Waals surface area contributed by atoms with E-state index >= 15 is 0 Å². The monoisotopic (exact) mass is 348 g/mol. The zero-order valence-electron chi connectivity index (χ0n) is 9.57. The van der Waals surface area contributed by atoms with E-state index in [9.17, 15) is 14.4 Å². The number of anilines is 1. The number of carboxylic acids is 1. The molecule has 19 heavy (non-hydrogen) atoms. The minimum absolute atomic E-state index is 0.264. The van der Waals surface area contributed by atoms with Crippen LogP contribution >= 0.6 is 27.5 Å². The zero-order chi connectivity index (χ0) is 14.4. The second-order valence-electron chi connectivity index (χ2n) is 3.50. The number of urea groups is 1. The lowest BCUT2D eigenvalue weighted by Crippen LogP contribution is -2.34. The first-order chi connectivity index (χ1) is 8.90. The molecule has 0 saturated carbocycles. The molecule has 1 rings (SSSR count). The number of carboxylic acid groups (broad SMARTS) is 1. The fourth-order valence-corrected chi connectivity index (χ4v) is 1.70. The first-order valence-electron chi connectivity index (χ1n) is 5.17. The first kappa shape index (κ1) is 15.5. The average Bonchev–Trinajstić information content (AvgIpc) is 2.32. The molecule has 6 nitrogen and oxygen atoms in total. The fourth-order valence-electron chi connectivity index (χ4n) is 1.16. The Morgan fingerprint density at radius 2 is 1.95 bits per heavy atom. The SMILES string of the molecule is O=C(O)CCC(=O)NC(=O)Nc1cccc(Cl)c1Br. The van der Waals surface area contributed by atoms with Crippen LogP contribution in [0.4, 0.5) is 10.5 Å². The number of aliphatic carboxylic acids is 1. The number of carbonyl (C=O) groups is 3. The van der Waals surface area contributed by atoms with E-state index in [1.807, 2.05) is 5.32 Å². The summed E-state index contributed by atoms with van der Waals surface area (Å²) < 4.78 is 0.491. The van der Waals surface area contributed by atoms with Gasteiger partial charge in [-0.15, -0.1) is 0 Å². The van der Waals surface area contributed by atoms with E-state index in [1.54, 1.807) is 18.2 Å². The highest BCUT2D eigenvalue weighted by Gasteiger charge is 2.11. The van der Waals surface area contributed by atoms with Gasteiger partial charge in [-0.05, 0) is 28.1 Å². The smallest absolute Gasteiger partial charge is 0.325 e. The standard InChI is InChI=1S/C11H10BrClN2O4/c12-10-6(13)2-1-3-7(10)14-11(19)15-8(16)4-5-9(17)18/h1-3H,4-5H2,(H,17,18)(H2,14,15,16,19). The van der Waals surface area contributed by atoms with Crippen molar-refractivity contribution >= 4 is 51.1 Å². The molecule has 1 aromatic rings. The third-order valence-electron chi connectivity index (χ3n) is 2.02. The zero-order valence-corrected chi connectivity index (χ0v) is 11.9. The number of carbonyl (C=O) groups excluding carboxylic acids is 2. The normalized spacial score (nSPS) is 9.79. The number of benzene rings is 1. The Bertz CT molecular complexity index is 521. The van der Waals surface area contributed by atoms with Crippen molar-refractivity contribution in [3.63, 3.8) is 0 Å². The summed E-state index contributed by atoms with van der Waals surface area (Å²) in [5, 5.41) is 13.2. The molecule has 0 spiro atoms. The van der Waals surface area contributed by atoms with Gasteiger partial charge in [0.2, 0.25) is 5.91 Å². The lowest BCUT2D eigenvalue weighted by molar-refractivity contribution is -0.138. The van der Waals surface area contributed by atoms with Crippen LogP contribution in [0.2, 0.25) is 5.02 Å². The van der Waals surface area contributed by atoms with Gasteiger partial charge >= 0.3 is 12.0 Å². The third kappa shape index (κ3) is 5.27. The molecule has 8 heteroatoms. The molecule has 0 unspecified atom stereocenters. The number of halogens is 2. The largest absolute Gasteiger partial charge is 0.481 e. The Hall–Kier alpha value is -1.60. The van der Waals surface area contributed by atoms with Crippen molar-refractivity contribution in [2.45, 2.75) is 12.8 Å². The topological polar surface area (TPSA) is 95.5 Å². The Kier molecular flexibility index (Phi) is 5.78. The number of amides is 3. The Morgan fingerprint density at radius 3 is 2.58 bits per heavy atom. The quantitative estimate of drug-likeness (QED) is 0.778. The molecule has 0 atom stereocenters. The molecule has 0 fully saturated rings. The molecule has 1 aromatic carbocycles. The number of hydrogen-bond donors (Lipinski definition) is 3. The van der Waals surface area contributed by atoms with Gasteiger partial charge in [0.05, 0.1) is 21.6 Å². The third-order valence-corrected chi connectivity index (χ3v) is 3.42. The summed E-state index contributed by atoms with van der Waals surface area (Å²) in [4.78, 5) is 33.0. The van der Waals surface area contributed by atoms with Crippen LogP contribution in [0.5, 0.6) is 0 Å². The highest BCUT2D eigenvalue weighted by molar-refractivity contribution is 9.10. The van der Waals surface area contributed by atoms with Gasteiger partial charge in [0.1, 0.15) is 0 Å². The van der Waals surface area contributed by atoms with E-state index in [-0.39, 0.29) is 12.8 Å². The number of rotatable bonds is 4. The predicted octanol–water partition coefficient (Wildman–Crippen LogP) is 2.62. The molecule has 0 bridgehead atoms. The van der Waals surface area contributed by atoms with Crippen molar-refractivity contribution in [1.29, 1.82) is 0 Å². The minimum atomic E-state index is -1.10. The van der Waals surface area contributed by atoms with E-state index in [0.29, 0.717) is 15.2 Å². The van der Waals surface area contributed by atoms with Crippen molar-refractivity contribution in [3.05, 3.63) is 27.7 Å². The van der Waals surface area contributed by atoms with Crippen LogP contribution in [-0.2, 0) is 9.59 Å². The van der Waals surface area contributed by atoms with E-state index in [2.05, 4.69) is 21.2 Å². The Balaban J connectivity index is 2.53. The maximum Gasteiger partial charge on any atom is 0.325 e. The predicted molar refractivity (Wildman–Crippen MR) is 73.2 cm³/mol. The summed E-state index contributed by atoms with van der Waals surface area (Å²) in [6.45, 7) is 0. The van der Waals surface area contributed by atoms with Gasteiger partial charge < -0.3 is 10.4 Å². The van der Waals surface area contributed by atoms with Crippen molar-refractivity contribution in [1.82, 2.24) is 5.32 Å². The van der Waals surface area contributed by atoms with Gasteiger partial charge in [0.25, 0.3) is 0 Å². The van der Waals surface area contributed by atoms with Gasteiger partial charge in [-0.2, -0.15) is 0 Å². The van der Waals surface area contributed by atoms with Crippen molar-refractivity contribution < 1.29 is 19.5 Å². The molecule has 0 aromatic heterocycles. The van der Waals surface area contributed by atoms with Crippen molar-refractivity contribution in [3.8, 4) is 0 Å². The van der Waals surface area contributed by atoms with Crippen LogP contribution in [0.25, 0.3) is 0 Å².